The number of benzene rings is 1. The fourth-order valence-electron chi connectivity index (χ4n) is 0.964. The summed E-state index contributed by atoms with van der Waals surface area (Å²) in [5.41, 5.74) is 0.452. The maximum absolute atomic E-state index is 11.7. The van der Waals surface area contributed by atoms with E-state index in [2.05, 4.69) is 0 Å². The van der Waals surface area contributed by atoms with Gasteiger partial charge in [-0.2, -0.15) is 0 Å². The lowest BCUT2D eigenvalue weighted by Gasteiger charge is -2.12. The Morgan fingerprint density at radius 3 is 2.43 bits per heavy atom. The molecule has 74 valence electrons. The van der Waals surface area contributed by atoms with Crippen LogP contribution in [-0.4, -0.2) is 29.8 Å². The molecule has 0 saturated carbocycles. The van der Waals surface area contributed by atoms with Gasteiger partial charge in [-0.1, -0.05) is 36.0 Å². The number of rotatable bonds is 2. The van der Waals surface area contributed by atoms with E-state index in [1.165, 1.54) is 0 Å². The first kappa shape index (κ1) is 11.1. The van der Waals surface area contributed by atoms with Crippen molar-refractivity contribution in [2.75, 3.05) is 14.1 Å². The van der Waals surface area contributed by atoms with Crippen molar-refractivity contribution in [3.8, 4) is 0 Å². The second-order valence-electron chi connectivity index (χ2n) is 3.01. The summed E-state index contributed by atoms with van der Waals surface area (Å²) >= 11 is 10.8. The van der Waals surface area contributed by atoms with Crippen LogP contribution in [0.2, 0.25) is 5.02 Å². The molecule has 0 fully saturated rings. The van der Waals surface area contributed by atoms with E-state index in [1.807, 2.05) is 0 Å². The number of halogens is 1. The smallest absolute Gasteiger partial charge is 0.221 e. The number of nitrogens with zero attached hydrogens (tertiary/aromatic N) is 1. The number of hydrogen-bond acceptors (Lipinski definition) is 2. The normalized spacial score (nSPS) is 9.64. The summed E-state index contributed by atoms with van der Waals surface area (Å²) in [6.45, 7) is 0. The van der Waals surface area contributed by atoms with Crippen molar-refractivity contribution in [3.05, 3.63) is 34.9 Å². The van der Waals surface area contributed by atoms with Gasteiger partial charge in [-0.15, -0.1) is 0 Å². The summed E-state index contributed by atoms with van der Waals surface area (Å²) in [4.78, 5) is 13.6. The molecule has 0 atom stereocenters. The Labute approximate surface area is 93.5 Å². The monoisotopic (exact) mass is 227 g/mol. The van der Waals surface area contributed by atoms with Crippen LogP contribution in [0.4, 0.5) is 0 Å². The summed E-state index contributed by atoms with van der Waals surface area (Å²) < 4.78 is 0. The van der Waals surface area contributed by atoms with Crippen molar-refractivity contribution < 1.29 is 4.79 Å². The predicted octanol–water partition coefficient (Wildman–Crippen LogP) is 2.41. The molecule has 0 spiro atoms. The van der Waals surface area contributed by atoms with Crippen molar-refractivity contribution in [2.45, 2.75) is 0 Å². The van der Waals surface area contributed by atoms with Gasteiger partial charge in [0, 0.05) is 19.7 Å². The van der Waals surface area contributed by atoms with E-state index in [4.69, 9.17) is 23.8 Å². The van der Waals surface area contributed by atoms with E-state index in [0.717, 1.165) is 0 Å². The largest absolute Gasteiger partial charge is 0.366 e. The zero-order valence-electron chi connectivity index (χ0n) is 7.95. The summed E-state index contributed by atoms with van der Waals surface area (Å²) in [6.07, 6.45) is 0. The standard InChI is InChI=1S/C10H10ClNOS/c1-12(2)10(14)9(13)7-5-3-4-6-8(7)11/h3-6H,1-2H3. The van der Waals surface area contributed by atoms with E-state index in [1.54, 1.807) is 43.3 Å². The third kappa shape index (κ3) is 2.30. The number of carbonyl (C=O) groups excluding carboxylic acids is 1. The molecule has 0 heterocycles. The molecular formula is C10H10ClNOS. The molecule has 0 bridgehead atoms. The predicted molar refractivity (Wildman–Crippen MR) is 62.1 cm³/mol. The molecule has 0 aromatic heterocycles. The van der Waals surface area contributed by atoms with Crippen molar-refractivity contribution >= 4 is 34.6 Å². The Hall–Kier alpha value is -0.930. The highest BCUT2D eigenvalue weighted by molar-refractivity contribution is 7.82. The quantitative estimate of drug-likeness (QED) is 0.572. The lowest BCUT2D eigenvalue weighted by Crippen LogP contribution is -2.28. The highest BCUT2D eigenvalue weighted by atomic mass is 35.5. The Balaban J connectivity index is 3.02. The van der Waals surface area contributed by atoms with Crippen molar-refractivity contribution in [1.29, 1.82) is 0 Å². The molecule has 0 aliphatic heterocycles. The summed E-state index contributed by atoms with van der Waals surface area (Å²) in [5, 5.41) is 0.432. The average molecular weight is 228 g/mol. The molecule has 0 radical (unpaired) electrons. The molecule has 0 N–H and O–H groups in total. The van der Waals surface area contributed by atoms with Crippen LogP contribution >= 0.6 is 23.8 Å². The maximum Gasteiger partial charge on any atom is 0.221 e. The molecule has 0 saturated heterocycles. The second-order valence-corrected chi connectivity index (χ2v) is 3.80. The van der Waals surface area contributed by atoms with Crippen molar-refractivity contribution in [2.24, 2.45) is 0 Å². The molecule has 0 aliphatic carbocycles. The minimum atomic E-state index is -0.212. The van der Waals surface area contributed by atoms with Gasteiger partial charge in [0.1, 0.15) is 4.99 Å². The van der Waals surface area contributed by atoms with Crippen LogP contribution in [0.1, 0.15) is 10.4 Å². The highest BCUT2D eigenvalue weighted by Gasteiger charge is 2.15. The first-order valence-corrected chi connectivity index (χ1v) is 4.83. The van der Waals surface area contributed by atoms with Crippen LogP contribution in [-0.2, 0) is 0 Å². The molecule has 4 heteroatoms. The van der Waals surface area contributed by atoms with Crippen LogP contribution in [0, 0.1) is 0 Å². The van der Waals surface area contributed by atoms with Gasteiger partial charge >= 0.3 is 0 Å². The average Bonchev–Trinajstić information content (AvgIpc) is 2.16. The topological polar surface area (TPSA) is 20.3 Å². The number of likely N-dealkylation sites (N-methyl/N-ethyl adjacent to an activating group) is 1. The molecule has 14 heavy (non-hydrogen) atoms. The lowest BCUT2D eigenvalue weighted by molar-refractivity contribution is 0.105. The number of carbonyl (C=O) groups is 1. The van der Waals surface area contributed by atoms with Gasteiger partial charge in [0.2, 0.25) is 5.78 Å². The molecule has 0 unspecified atom stereocenters. The third-order valence-corrected chi connectivity index (χ3v) is 2.60. The maximum atomic E-state index is 11.7. The van der Waals surface area contributed by atoms with Crippen LogP contribution in [0.5, 0.6) is 0 Å². The SMILES string of the molecule is CN(C)C(=S)C(=O)c1ccccc1Cl. The van der Waals surface area contributed by atoms with Crippen LogP contribution < -0.4 is 0 Å². The Morgan fingerprint density at radius 2 is 1.93 bits per heavy atom. The molecular weight excluding hydrogens is 218 g/mol. The Kier molecular flexibility index (Phi) is 3.61. The van der Waals surface area contributed by atoms with Gasteiger partial charge < -0.3 is 4.90 Å². The summed E-state index contributed by atoms with van der Waals surface area (Å²) in [7, 11) is 3.47. The Morgan fingerprint density at radius 1 is 1.36 bits per heavy atom. The van der Waals surface area contributed by atoms with Gasteiger partial charge in [-0.25, -0.2) is 0 Å². The molecule has 0 aliphatic rings. The Bertz CT molecular complexity index is 376. The molecule has 0 amide bonds. The van der Waals surface area contributed by atoms with E-state index in [9.17, 15) is 4.79 Å². The highest BCUT2D eigenvalue weighted by Crippen LogP contribution is 2.16. The first-order valence-electron chi connectivity index (χ1n) is 4.04. The third-order valence-electron chi connectivity index (χ3n) is 1.72. The minimum absolute atomic E-state index is 0.212. The van der Waals surface area contributed by atoms with Gasteiger partial charge in [-0.3, -0.25) is 4.79 Å². The molecule has 1 aromatic rings. The summed E-state index contributed by atoms with van der Waals surface area (Å²) in [6, 6.07) is 6.88. The van der Waals surface area contributed by atoms with E-state index >= 15 is 0 Å². The second kappa shape index (κ2) is 4.53. The van der Waals surface area contributed by atoms with Gasteiger partial charge in [0.25, 0.3) is 0 Å². The fourth-order valence-corrected chi connectivity index (χ4v) is 1.30. The van der Waals surface area contributed by atoms with Crippen LogP contribution in [0.15, 0.2) is 24.3 Å². The minimum Gasteiger partial charge on any atom is -0.366 e. The number of ketones is 1. The van der Waals surface area contributed by atoms with Crippen LogP contribution in [0.25, 0.3) is 0 Å². The van der Waals surface area contributed by atoms with E-state index in [0.29, 0.717) is 10.6 Å². The van der Waals surface area contributed by atoms with Gasteiger partial charge in [0.05, 0.1) is 5.02 Å². The zero-order chi connectivity index (χ0) is 10.7. The molecule has 2 nitrogen and oxygen atoms in total. The molecule has 1 aromatic carbocycles. The summed E-state index contributed by atoms with van der Waals surface area (Å²) in [5.74, 6) is -0.212. The van der Waals surface area contributed by atoms with Gasteiger partial charge in [0.15, 0.2) is 0 Å². The zero-order valence-corrected chi connectivity index (χ0v) is 9.52. The number of thiocarbonyl (C=S) groups is 1. The first-order chi connectivity index (χ1) is 6.54. The number of hydrogen-bond donors (Lipinski definition) is 0. The van der Waals surface area contributed by atoms with E-state index in [-0.39, 0.29) is 10.8 Å². The van der Waals surface area contributed by atoms with Gasteiger partial charge in [-0.05, 0) is 12.1 Å². The van der Waals surface area contributed by atoms with Crippen molar-refractivity contribution in [1.82, 2.24) is 4.90 Å². The van der Waals surface area contributed by atoms with Crippen molar-refractivity contribution in [3.63, 3.8) is 0 Å². The van der Waals surface area contributed by atoms with Crippen LogP contribution in [0.3, 0.4) is 0 Å². The molecule has 1 rings (SSSR count). The van der Waals surface area contributed by atoms with E-state index < -0.39 is 0 Å². The lowest BCUT2D eigenvalue weighted by atomic mass is 10.1. The number of Topliss-reactive ketones (excluding diaryl/α,β-unsaturated/α-hetero) is 1. The fraction of sp³-hybridized carbons (Fsp3) is 0.200.